The molecule has 0 aliphatic rings. The van der Waals surface area contributed by atoms with Crippen LogP contribution in [0, 0.1) is 17.9 Å². The first-order valence-electron chi connectivity index (χ1n) is 11.2. The molecule has 29 heavy (non-hydrogen) atoms. The summed E-state index contributed by atoms with van der Waals surface area (Å²) < 4.78 is 0. The van der Waals surface area contributed by atoms with Crippen LogP contribution in [0.2, 0.25) is 0 Å². The summed E-state index contributed by atoms with van der Waals surface area (Å²) in [4.78, 5) is 3.40. The average Bonchev–Trinajstić information content (AvgIpc) is 2.80. The van der Waals surface area contributed by atoms with Gasteiger partial charge in [0.1, 0.15) is 0 Å². The Kier molecular flexibility index (Phi) is 17.1. The van der Waals surface area contributed by atoms with Crippen molar-refractivity contribution in [1.82, 2.24) is 0 Å². The van der Waals surface area contributed by atoms with E-state index in [2.05, 4.69) is 59.4 Å². The van der Waals surface area contributed by atoms with Crippen molar-refractivity contribution in [2.24, 2.45) is 0 Å². The van der Waals surface area contributed by atoms with Crippen molar-refractivity contribution in [2.45, 2.75) is 79.1 Å². The molecule has 0 saturated heterocycles. The van der Waals surface area contributed by atoms with Crippen LogP contribution in [0.4, 0.5) is 0 Å². The van der Waals surface area contributed by atoms with Crippen LogP contribution in [0.25, 0.3) is 4.85 Å². The Balaban J connectivity index is 0.00000184. The van der Waals surface area contributed by atoms with Gasteiger partial charge in [0, 0.05) is 12.8 Å². The normalized spacial score (nSPS) is 9.17. The second-order valence-corrected chi connectivity index (χ2v) is 6.48. The SMILES string of the molecule is CC.CC.[C-]#[N+]CCc1ccc(CCCCCc2ccc(CCC#N)cc2)cc1. The molecule has 0 saturated carbocycles. The maximum Gasteiger partial charge on any atom is 0.218 e. The van der Waals surface area contributed by atoms with Crippen molar-refractivity contribution < 1.29 is 0 Å². The molecule has 2 aromatic rings. The van der Waals surface area contributed by atoms with Crippen molar-refractivity contribution in [2.75, 3.05) is 6.54 Å². The Hall–Kier alpha value is -2.58. The van der Waals surface area contributed by atoms with E-state index in [1.165, 1.54) is 41.5 Å². The largest absolute Gasteiger partial charge is 0.317 e. The quantitative estimate of drug-likeness (QED) is 0.303. The number of aryl methyl sites for hydroxylation is 3. The summed E-state index contributed by atoms with van der Waals surface area (Å²) in [6.07, 6.45) is 8.27. The van der Waals surface area contributed by atoms with Crippen LogP contribution in [-0.4, -0.2) is 6.54 Å². The second-order valence-electron chi connectivity index (χ2n) is 6.48. The predicted molar refractivity (Wildman–Crippen MR) is 126 cm³/mol. The van der Waals surface area contributed by atoms with E-state index in [1.807, 2.05) is 27.7 Å². The van der Waals surface area contributed by atoms with E-state index in [0.29, 0.717) is 13.0 Å². The van der Waals surface area contributed by atoms with Crippen LogP contribution < -0.4 is 0 Å². The molecular weight excluding hydrogens is 352 g/mol. The van der Waals surface area contributed by atoms with Gasteiger partial charge in [0.25, 0.3) is 0 Å². The lowest BCUT2D eigenvalue weighted by Gasteiger charge is -2.05. The number of unbranched alkanes of at least 4 members (excludes halogenated alkanes) is 2. The highest BCUT2D eigenvalue weighted by molar-refractivity contribution is 5.24. The summed E-state index contributed by atoms with van der Waals surface area (Å²) in [5.41, 5.74) is 5.31. The molecule has 0 radical (unpaired) electrons. The van der Waals surface area contributed by atoms with E-state index >= 15 is 0 Å². The van der Waals surface area contributed by atoms with E-state index in [-0.39, 0.29) is 0 Å². The minimum atomic E-state index is 0.582. The molecule has 0 atom stereocenters. The summed E-state index contributed by atoms with van der Waals surface area (Å²) in [5, 5.41) is 8.62. The van der Waals surface area contributed by atoms with Crippen molar-refractivity contribution in [3.05, 3.63) is 82.2 Å². The summed E-state index contributed by atoms with van der Waals surface area (Å²) in [6, 6.07) is 19.6. The van der Waals surface area contributed by atoms with E-state index in [9.17, 15) is 0 Å². The Morgan fingerprint density at radius 3 is 1.41 bits per heavy atom. The van der Waals surface area contributed by atoms with Gasteiger partial charge in [0.15, 0.2) is 0 Å². The Morgan fingerprint density at radius 1 is 0.655 bits per heavy atom. The summed E-state index contributed by atoms with van der Waals surface area (Å²) in [7, 11) is 0. The average molecular weight is 391 g/mol. The summed E-state index contributed by atoms with van der Waals surface area (Å²) in [6.45, 7) is 15.4. The smallest absolute Gasteiger partial charge is 0.218 e. The van der Waals surface area contributed by atoms with E-state index in [0.717, 1.165) is 25.7 Å². The van der Waals surface area contributed by atoms with E-state index in [1.54, 1.807) is 0 Å². The fourth-order valence-corrected chi connectivity index (χ4v) is 2.97. The molecule has 0 fully saturated rings. The highest BCUT2D eigenvalue weighted by atomic mass is 14.6. The fourth-order valence-electron chi connectivity index (χ4n) is 2.97. The lowest BCUT2D eigenvalue weighted by atomic mass is 10.0. The molecule has 0 aliphatic heterocycles. The highest BCUT2D eigenvalue weighted by Crippen LogP contribution is 2.13. The van der Waals surface area contributed by atoms with Crippen LogP contribution in [0.3, 0.4) is 0 Å². The van der Waals surface area contributed by atoms with Crippen molar-refractivity contribution >= 4 is 0 Å². The molecule has 0 unspecified atom stereocenters. The number of rotatable bonds is 10. The molecular formula is C27H38N2. The topological polar surface area (TPSA) is 28.1 Å². The van der Waals surface area contributed by atoms with Crippen LogP contribution in [0.5, 0.6) is 0 Å². The second kappa shape index (κ2) is 18.8. The molecule has 0 bridgehead atoms. The fraction of sp³-hybridized carbons (Fsp3) is 0.481. The lowest BCUT2D eigenvalue weighted by Crippen LogP contribution is -1.92. The van der Waals surface area contributed by atoms with Crippen LogP contribution in [-0.2, 0) is 25.7 Å². The molecule has 0 spiro atoms. The van der Waals surface area contributed by atoms with Gasteiger partial charge in [-0.15, -0.1) is 0 Å². The first kappa shape index (κ1) is 26.4. The predicted octanol–water partition coefficient (Wildman–Crippen LogP) is 7.61. The maximum atomic E-state index is 8.62. The summed E-state index contributed by atoms with van der Waals surface area (Å²) >= 11 is 0. The molecule has 2 rings (SSSR count). The highest BCUT2D eigenvalue weighted by Gasteiger charge is 1.99. The number of hydrogen-bond acceptors (Lipinski definition) is 1. The van der Waals surface area contributed by atoms with Crippen molar-refractivity contribution in [1.29, 1.82) is 5.26 Å². The van der Waals surface area contributed by atoms with Gasteiger partial charge in [-0.2, -0.15) is 5.26 Å². The third kappa shape index (κ3) is 12.5. The van der Waals surface area contributed by atoms with Crippen LogP contribution in [0.1, 0.15) is 75.6 Å². The number of nitriles is 1. The van der Waals surface area contributed by atoms with Gasteiger partial charge in [0.05, 0.1) is 6.07 Å². The lowest BCUT2D eigenvalue weighted by molar-refractivity contribution is 0.678. The number of benzene rings is 2. The molecule has 0 aromatic heterocycles. The van der Waals surface area contributed by atoms with Gasteiger partial charge in [-0.1, -0.05) is 82.6 Å². The first-order chi connectivity index (χ1) is 14.3. The van der Waals surface area contributed by atoms with Gasteiger partial charge in [-0.25, -0.2) is 6.57 Å². The molecule has 156 valence electrons. The van der Waals surface area contributed by atoms with Crippen molar-refractivity contribution in [3.8, 4) is 6.07 Å². The van der Waals surface area contributed by atoms with Crippen molar-refractivity contribution in [3.63, 3.8) is 0 Å². The molecule has 2 nitrogen and oxygen atoms in total. The zero-order chi connectivity index (χ0) is 21.7. The zero-order valence-electron chi connectivity index (χ0n) is 18.9. The van der Waals surface area contributed by atoms with E-state index < -0.39 is 0 Å². The molecule has 2 heteroatoms. The third-order valence-corrected chi connectivity index (χ3v) is 4.51. The Morgan fingerprint density at radius 2 is 1.03 bits per heavy atom. The zero-order valence-corrected chi connectivity index (χ0v) is 18.9. The van der Waals surface area contributed by atoms with Gasteiger partial charge < -0.3 is 4.85 Å². The Labute approximate surface area is 179 Å². The van der Waals surface area contributed by atoms with Gasteiger partial charge >= 0.3 is 0 Å². The van der Waals surface area contributed by atoms with E-state index in [4.69, 9.17) is 11.8 Å². The first-order valence-corrected chi connectivity index (χ1v) is 11.2. The van der Waals surface area contributed by atoms with Gasteiger partial charge in [-0.05, 0) is 54.4 Å². The molecule has 0 aliphatic carbocycles. The molecule has 0 N–H and O–H groups in total. The third-order valence-electron chi connectivity index (χ3n) is 4.51. The number of nitrogens with zero attached hydrogens (tertiary/aromatic N) is 2. The molecule has 0 heterocycles. The molecule has 0 amide bonds. The molecule has 2 aromatic carbocycles. The minimum absolute atomic E-state index is 0.582. The maximum absolute atomic E-state index is 8.62. The van der Waals surface area contributed by atoms with Gasteiger partial charge in [0.2, 0.25) is 6.54 Å². The monoisotopic (exact) mass is 390 g/mol. The summed E-state index contributed by atoms with van der Waals surface area (Å²) in [5.74, 6) is 0. The van der Waals surface area contributed by atoms with Crippen LogP contribution >= 0.6 is 0 Å². The van der Waals surface area contributed by atoms with Crippen LogP contribution in [0.15, 0.2) is 48.5 Å². The standard InChI is InChI=1S/C23H26N2.2C2H6/c1-25-19-17-23-15-13-21(14-16-23)7-4-2-3-6-20-9-11-22(12-10-20)8-5-18-24;2*1-2/h9-16H,2-8,17,19H2;2*1-2H3. The Bertz CT molecular complexity index is 637. The van der Waals surface area contributed by atoms with Gasteiger partial charge in [-0.3, -0.25) is 0 Å². The number of hydrogen-bond donors (Lipinski definition) is 0. The minimum Gasteiger partial charge on any atom is -0.317 e.